The number of rotatable bonds is 6. The lowest BCUT2D eigenvalue weighted by molar-refractivity contribution is 0.595. The fourth-order valence-corrected chi connectivity index (χ4v) is 4.56. The second-order valence-electron chi connectivity index (χ2n) is 5.32. The molecule has 2 heterocycles. The van der Waals surface area contributed by atoms with Gasteiger partial charge in [0, 0.05) is 29.8 Å². The molecule has 9 heteroatoms. The largest absolute Gasteiger partial charge is 0.276 e. The van der Waals surface area contributed by atoms with Gasteiger partial charge >= 0.3 is 0 Å². The first kappa shape index (κ1) is 17.6. The summed E-state index contributed by atoms with van der Waals surface area (Å²) in [6.07, 6.45) is 2.54. The maximum atomic E-state index is 13.7. The summed E-state index contributed by atoms with van der Waals surface area (Å²) >= 11 is 1.00. The minimum atomic E-state index is -4.02. The molecule has 0 bridgehead atoms. The van der Waals surface area contributed by atoms with Crippen molar-refractivity contribution in [3.05, 3.63) is 53.5 Å². The molecule has 0 amide bonds. The van der Waals surface area contributed by atoms with Gasteiger partial charge in [0.15, 0.2) is 0 Å². The van der Waals surface area contributed by atoms with Crippen LogP contribution in [-0.2, 0) is 16.6 Å². The first-order valence-corrected chi connectivity index (χ1v) is 9.85. The molecule has 1 aromatic carbocycles. The lowest BCUT2D eigenvalue weighted by atomic mass is 10.2. The van der Waals surface area contributed by atoms with Gasteiger partial charge in [-0.25, -0.2) is 17.2 Å². The van der Waals surface area contributed by atoms with E-state index in [0.29, 0.717) is 12.1 Å². The molecule has 3 rings (SSSR count). The lowest BCUT2D eigenvalue weighted by Crippen LogP contribution is -2.12. The number of nitrogens with zero attached hydrogens (tertiary/aromatic N) is 2. The third-order valence-corrected chi connectivity index (χ3v) is 6.27. The van der Waals surface area contributed by atoms with Crippen LogP contribution in [0, 0.1) is 11.6 Å². The molecule has 0 aliphatic heterocycles. The van der Waals surface area contributed by atoms with Gasteiger partial charge in [-0.3, -0.25) is 9.40 Å². The number of thiophene rings is 1. The molecule has 25 heavy (non-hydrogen) atoms. The second kappa shape index (κ2) is 6.93. The SMILES string of the molecule is CCCn1nccc1-c1csc(S(=O)(=O)Nc2cc(F)ccc2F)c1. The molecule has 132 valence electrons. The topological polar surface area (TPSA) is 64.0 Å². The van der Waals surface area contributed by atoms with Crippen LogP contribution < -0.4 is 4.72 Å². The molecule has 3 aromatic rings. The van der Waals surface area contributed by atoms with Crippen LogP contribution in [0.4, 0.5) is 14.5 Å². The van der Waals surface area contributed by atoms with Gasteiger partial charge in [0.25, 0.3) is 10.0 Å². The van der Waals surface area contributed by atoms with E-state index in [1.165, 1.54) is 6.07 Å². The summed E-state index contributed by atoms with van der Waals surface area (Å²) in [5.41, 5.74) is 1.08. The van der Waals surface area contributed by atoms with Crippen molar-refractivity contribution in [3.63, 3.8) is 0 Å². The molecule has 0 unspecified atom stereocenters. The zero-order valence-electron chi connectivity index (χ0n) is 13.2. The Kier molecular flexibility index (Phi) is 4.87. The van der Waals surface area contributed by atoms with Crippen LogP contribution in [0.2, 0.25) is 0 Å². The van der Waals surface area contributed by atoms with Crippen molar-refractivity contribution >= 4 is 27.0 Å². The summed E-state index contributed by atoms with van der Waals surface area (Å²) in [5, 5.41) is 5.90. The molecule has 0 saturated heterocycles. The van der Waals surface area contributed by atoms with E-state index in [1.54, 1.807) is 22.3 Å². The number of nitrogens with one attached hydrogen (secondary N) is 1. The van der Waals surface area contributed by atoms with Crippen LogP contribution in [0.15, 0.2) is 46.1 Å². The minimum Gasteiger partial charge on any atom is -0.276 e. The van der Waals surface area contributed by atoms with Gasteiger partial charge in [-0.2, -0.15) is 5.10 Å². The third kappa shape index (κ3) is 3.72. The van der Waals surface area contributed by atoms with E-state index in [-0.39, 0.29) is 4.21 Å². The van der Waals surface area contributed by atoms with Crippen LogP contribution in [0.25, 0.3) is 11.3 Å². The van der Waals surface area contributed by atoms with Gasteiger partial charge in [-0.15, -0.1) is 11.3 Å². The van der Waals surface area contributed by atoms with Crippen molar-refractivity contribution in [1.82, 2.24) is 9.78 Å². The predicted octanol–water partition coefficient (Wildman–Crippen LogP) is 4.10. The van der Waals surface area contributed by atoms with Crippen molar-refractivity contribution in [1.29, 1.82) is 0 Å². The molecular weight excluding hydrogens is 368 g/mol. The molecule has 0 aliphatic rings. The van der Waals surface area contributed by atoms with Gasteiger partial charge < -0.3 is 0 Å². The second-order valence-corrected chi connectivity index (χ2v) is 8.14. The number of aromatic nitrogens is 2. The Bertz CT molecular complexity index is 996. The number of aryl methyl sites for hydroxylation is 1. The molecule has 0 atom stereocenters. The average molecular weight is 383 g/mol. The highest BCUT2D eigenvalue weighted by molar-refractivity contribution is 7.94. The fraction of sp³-hybridized carbons (Fsp3) is 0.188. The highest BCUT2D eigenvalue weighted by Gasteiger charge is 2.20. The number of sulfonamides is 1. The summed E-state index contributed by atoms with van der Waals surface area (Å²) in [7, 11) is -4.02. The average Bonchev–Trinajstić information content (AvgIpc) is 3.20. The van der Waals surface area contributed by atoms with E-state index in [4.69, 9.17) is 0 Å². The van der Waals surface area contributed by atoms with Crippen molar-refractivity contribution in [3.8, 4) is 11.3 Å². The van der Waals surface area contributed by atoms with E-state index in [2.05, 4.69) is 9.82 Å². The maximum Gasteiger partial charge on any atom is 0.271 e. The van der Waals surface area contributed by atoms with Crippen LogP contribution in [-0.4, -0.2) is 18.2 Å². The van der Waals surface area contributed by atoms with Crippen LogP contribution in [0.5, 0.6) is 0 Å². The normalized spacial score (nSPS) is 11.6. The number of anilines is 1. The van der Waals surface area contributed by atoms with E-state index in [9.17, 15) is 17.2 Å². The van der Waals surface area contributed by atoms with E-state index >= 15 is 0 Å². The summed E-state index contributed by atoms with van der Waals surface area (Å²) in [6.45, 7) is 2.74. The van der Waals surface area contributed by atoms with Crippen LogP contribution >= 0.6 is 11.3 Å². The molecule has 2 aromatic heterocycles. The summed E-state index contributed by atoms with van der Waals surface area (Å²) in [4.78, 5) is 0. The number of benzene rings is 1. The first-order chi connectivity index (χ1) is 11.9. The molecule has 1 N–H and O–H groups in total. The third-order valence-electron chi connectivity index (χ3n) is 3.46. The molecular formula is C16H15F2N3O2S2. The smallest absolute Gasteiger partial charge is 0.271 e. The van der Waals surface area contributed by atoms with E-state index in [0.717, 1.165) is 41.7 Å². The quantitative estimate of drug-likeness (QED) is 0.697. The number of hydrogen-bond acceptors (Lipinski definition) is 4. The van der Waals surface area contributed by atoms with Crippen molar-refractivity contribution < 1.29 is 17.2 Å². The molecule has 5 nitrogen and oxygen atoms in total. The molecule has 0 radical (unpaired) electrons. The highest BCUT2D eigenvalue weighted by atomic mass is 32.2. The Hall–Kier alpha value is -2.26. The Morgan fingerprint density at radius 3 is 2.80 bits per heavy atom. The number of halogens is 2. The predicted molar refractivity (Wildman–Crippen MR) is 93.0 cm³/mol. The Balaban J connectivity index is 1.90. The summed E-state index contributed by atoms with van der Waals surface area (Å²) in [6, 6.07) is 5.89. The summed E-state index contributed by atoms with van der Waals surface area (Å²) in [5.74, 6) is -1.57. The molecule has 0 fully saturated rings. The fourth-order valence-electron chi connectivity index (χ4n) is 2.33. The Morgan fingerprint density at radius 1 is 1.24 bits per heavy atom. The molecule has 0 saturated carbocycles. The minimum absolute atomic E-state index is 0.00964. The summed E-state index contributed by atoms with van der Waals surface area (Å²) < 4.78 is 55.7. The van der Waals surface area contributed by atoms with Crippen molar-refractivity contribution in [2.45, 2.75) is 24.1 Å². The van der Waals surface area contributed by atoms with Gasteiger partial charge in [0.2, 0.25) is 0 Å². The monoisotopic (exact) mass is 383 g/mol. The van der Waals surface area contributed by atoms with E-state index < -0.39 is 27.3 Å². The van der Waals surface area contributed by atoms with Crippen molar-refractivity contribution in [2.75, 3.05) is 4.72 Å². The highest BCUT2D eigenvalue weighted by Crippen LogP contribution is 2.30. The Labute approximate surface area is 148 Å². The standard InChI is InChI=1S/C16H15F2N3O2S2/c1-2-7-21-15(5-6-19-21)11-8-16(24-10-11)25(22,23)20-14-9-12(17)3-4-13(14)18/h3-6,8-10,20H,2,7H2,1H3. The van der Waals surface area contributed by atoms with Crippen LogP contribution in [0.3, 0.4) is 0 Å². The zero-order valence-corrected chi connectivity index (χ0v) is 14.9. The first-order valence-electron chi connectivity index (χ1n) is 7.49. The number of hydrogen-bond donors (Lipinski definition) is 1. The Morgan fingerprint density at radius 2 is 2.04 bits per heavy atom. The van der Waals surface area contributed by atoms with Gasteiger partial charge in [-0.05, 0) is 30.7 Å². The van der Waals surface area contributed by atoms with E-state index in [1.807, 2.05) is 6.92 Å². The lowest BCUT2D eigenvalue weighted by Gasteiger charge is -2.07. The van der Waals surface area contributed by atoms with Crippen LogP contribution in [0.1, 0.15) is 13.3 Å². The van der Waals surface area contributed by atoms with Crippen molar-refractivity contribution in [2.24, 2.45) is 0 Å². The van der Waals surface area contributed by atoms with Gasteiger partial charge in [0.05, 0.1) is 11.4 Å². The van der Waals surface area contributed by atoms with Gasteiger partial charge in [0.1, 0.15) is 15.8 Å². The maximum absolute atomic E-state index is 13.7. The molecule has 0 aliphatic carbocycles. The molecule has 0 spiro atoms. The van der Waals surface area contributed by atoms with Gasteiger partial charge in [-0.1, -0.05) is 6.92 Å². The zero-order chi connectivity index (χ0) is 18.0.